The SMILES string of the molecule is Cn1c(C(C)(C)C)cc(=N)n1CC1CCOCC1. The Kier molecular flexibility index (Phi) is 3.66. The number of nitrogens with one attached hydrogen (secondary N) is 1. The van der Waals surface area contributed by atoms with Crippen LogP contribution in [0.2, 0.25) is 0 Å². The van der Waals surface area contributed by atoms with Crippen LogP contribution in [-0.4, -0.2) is 22.6 Å². The Morgan fingerprint density at radius 2 is 1.94 bits per heavy atom. The highest BCUT2D eigenvalue weighted by Gasteiger charge is 2.21. The van der Waals surface area contributed by atoms with E-state index in [4.69, 9.17) is 10.1 Å². The quantitative estimate of drug-likeness (QED) is 0.858. The summed E-state index contributed by atoms with van der Waals surface area (Å²) in [5.74, 6) is 0.647. The van der Waals surface area contributed by atoms with Crippen molar-refractivity contribution in [3.8, 4) is 0 Å². The molecule has 0 bridgehead atoms. The summed E-state index contributed by atoms with van der Waals surface area (Å²) >= 11 is 0. The molecule has 1 saturated heterocycles. The summed E-state index contributed by atoms with van der Waals surface area (Å²) in [4.78, 5) is 0. The van der Waals surface area contributed by atoms with Crippen LogP contribution in [0, 0.1) is 11.3 Å². The lowest BCUT2D eigenvalue weighted by molar-refractivity contribution is 0.0584. The van der Waals surface area contributed by atoms with Gasteiger partial charge in [0.25, 0.3) is 0 Å². The van der Waals surface area contributed by atoms with E-state index in [2.05, 4.69) is 37.2 Å². The Labute approximate surface area is 109 Å². The highest BCUT2D eigenvalue weighted by atomic mass is 16.5. The minimum Gasteiger partial charge on any atom is -0.381 e. The van der Waals surface area contributed by atoms with Crippen LogP contribution in [-0.2, 0) is 23.7 Å². The first kappa shape index (κ1) is 13.4. The first-order valence-corrected chi connectivity index (χ1v) is 6.79. The van der Waals surface area contributed by atoms with Crippen LogP contribution in [0.25, 0.3) is 0 Å². The van der Waals surface area contributed by atoms with Crippen LogP contribution in [0.4, 0.5) is 0 Å². The molecule has 0 atom stereocenters. The maximum Gasteiger partial charge on any atom is 0.141 e. The smallest absolute Gasteiger partial charge is 0.141 e. The standard InChI is InChI=1S/C14H25N3O/c1-14(2,3)12-9-13(15)17(16(12)4)10-11-5-7-18-8-6-11/h9,11,15H,5-8,10H2,1-4H3. The molecular formula is C14H25N3O. The van der Waals surface area contributed by atoms with Crippen LogP contribution >= 0.6 is 0 Å². The molecule has 2 heterocycles. The number of ether oxygens (including phenoxy) is 1. The summed E-state index contributed by atoms with van der Waals surface area (Å²) in [6, 6.07) is 2.00. The van der Waals surface area contributed by atoms with Crippen molar-refractivity contribution in [2.24, 2.45) is 13.0 Å². The van der Waals surface area contributed by atoms with Crippen LogP contribution in [0.1, 0.15) is 39.3 Å². The third-order valence-electron chi connectivity index (χ3n) is 3.80. The molecule has 0 radical (unpaired) electrons. The lowest BCUT2D eigenvalue weighted by atomic mass is 9.92. The molecule has 1 aliphatic heterocycles. The van der Waals surface area contributed by atoms with Gasteiger partial charge in [0.15, 0.2) is 0 Å². The molecule has 0 unspecified atom stereocenters. The van der Waals surface area contributed by atoms with Crippen molar-refractivity contribution in [1.29, 1.82) is 5.41 Å². The topological polar surface area (TPSA) is 42.9 Å². The molecule has 4 nitrogen and oxygen atoms in total. The molecule has 1 aromatic rings. The van der Waals surface area contributed by atoms with E-state index in [0.717, 1.165) is 32.6 Å². The third-order valence-corrected chi connectivity index (χ3v) is 3.80. The van der Waals surface area contributed by atoms with Gasteiger partial charge in [0, 0.05) is 44.0 Å². The molecule has 1 aliphatic rings. The fourth-order valence-corrected chi connectivity index (χ4v) is 2.69. The molecule has 1 fully saturated rings. The van der Waals surface area contributed by atoms with Crippen LogP contribution in [0.5, 0.6) is 0 Å². The van der Waals surface area contributed by atoms with Gasteiger partial charge in [-0.2, -0.15) is 0 Å². The van der Waals surface area contributed by atoms with Crippen molar-refractivity contribution in [3.63, 3.8) is 0 Å². The second kappa shape index (κ2) is 4.92. The number of nitrogens with zero attached hydrogens (tertiary/aromatic N) is 2. The monoisotopic (exact) mass is 251 g/mol. The fourth-order valence-electron chi connectivity index (χ4n) is 2.69. The van der Waals surface area contributed by atoms with E-state index in [-0.39, 0.29) is 5.41 Å². The number of aromatic nitrogens is 2. The number of rotatable bonds is 2. The van der Waals surface area contributed by atoms with Gasteiger partial charge < -0.3 is 4.74 Å². The molecule has 0 aliphatic carbocycles. The fraction of sp³-hybridized carbons (Fsp3) is 0.786. The largest absolute Gasteiger partial charge is 0.381 e. The highest BCUT2D eigenvalue weighted by molar-refractivity contribution is 5.11. The Hall–Kier alpha value is -1.03. The molecule has 0 amide bonds. The Morgan fingerprint density at radius 1 is 1.33 bits per heavy atom. The molecule has 1 aromatic heterocycles. The summed E-state index contributed by atoms with van der Waals surface area (Å²) in [5, 5.41) is 8.14. The van der Waals surface area contributed by atoms with E-state index in [9.17, 15) is 0 Å². The third kappa shape index (κ3) is 2.69. The molecule has 2 rings (SSSR count). The van der Waals surface area contributed by atoms with Gasteiger partial charge in [0.05, 0.1) is 0 Å². The van der Waals surface area contributed by atoms with Gasteiger partial charge >= 0.3 is 0 Å². The van der Waals surface area contributed by atoms with Gasteiger partial charge in [0.1, 0.15) is 5.49 Å². The minimum atomic E-state index is 0.0888. The molecule has 102 valence electrons. The van der Waals surface area contributed by atoms with Gasteiger partial charge in [-0.3, -0.25) is 14.8 Å². The van der Waals surface area contributed by atoms with E-state index in [1.807, 2.05) is 6.07 Å². The van der Waals surface area contributed by atoms with Crippen molar-refractivity contribution in [2.75, 3.05) is 13.2 Å². The zero-order chi connectivity index (χ0) is 13.3. The highest BCUT2D eigenvalue weighted by Crippen LogP contribution is 2.22. The first-order valence-electron chi connectivity index (χ1n) is 6.79. The Balaban J connectivity index is 2.23. The predicted molar refractivity (Wildman–Crippen MR) is 71.5 cm³/mol. The second-order valence-corrected chi connectivity index (χ2v) is 6.33. The molecule has 0 spiro atoms. The van der Waals surface area contributed by atoms with Crippen molar-refractivity contribution in [1.82, 2.24) is 9.36 Å². The molecular weight excluding hydrogens is 226 g/mol. The van der Waals surface area contributed by atoms with Crippen molar-refractivity contribution >= 4 is 0 Å². The van der Waals surface area contributed by atoms with E-state index >= 15 is 0 Å². The van der Waals surface area contributed by atoms with Gasteiger partial charge in [-0.05, 0) is 18.8 Å². The molecule has 0 aromatic carbocycles. The van der Waals surface area contributed by atoms with E-state index < -0.39 is 0 Å². The normalized spacial score (nSPS) is 18.2. The molecule has 18 heavy (non-hydrogen) atoms. The summed E-state index contributed by atoms with van der Waals surface area (Å²) < 4.78 is 9.64. The van der Waals surface area contributed by atoms with E-state index in [1.54, 1.807) is 0 Å². The lowest BCUT2D eigenvalue weighted by Crippen LogP contribution is -2.29. The molecule has 4 heteroatoms. The zero-order valence-corrected chi connectivity index (χ0v) is 12.0. The average Bonchev–Trinajstić information content (AvgIpc) is 2.58. The minimum absolute atomic E-state index is 0.0888. The first-order chi connectivity index (χ1) is 8.39. The van der Waals surface area contributed by atoms with Gasteiger partial charge in [-0.15, -0.1) is 0 Å². The van der Waals surface area contributed by atoms with Gasteiger partial charge in [-0.1, -0.05) is 20.8 Å². The summed E-state index contributed by atoms with van der Waals surface area (Å²) in [6.45, 7) is 9.26. The lowest BCUT2D eigenvalue weighted by Gasteiger charge is -2.25. The Morgan fingerprint density at radius 3 is 2.44 bits per heavy atom. The predicted octanol–water partition coefficient (Wildman–Crippen LogP) is 2.03. The molecule has 0 saturated carbocycles. The Bertz CT molecular complexity index is 458. The number of hydrogen-bond donors (Lipinski definition) is 1. The van der Waals surface area contributed by atoms with Crippen molar-refractivity contribution < 1.29 is 4.74 Å². The molecule has 1 N–H and O–H groups in total. The van der Waals surface area contributed by atoms with Crippen molar-refractivity contribution in [2.45, 2.75) is 45.6 Å². The summed E-state index contributed by atoms with van der Waals surface area (Å²) in [7, 11) is 2.07. The van der Waals surface area contributed by atoms with E-state index in [1.165, 1.54) is 5.69 Å². The summed E-state index contributed by atoms with van der Waals surface area (Å²) in [5.41, 5.74) is 1.93. The average molecular weight is 251 g/mol. The van der Waals surface area contributed by atoms with Crippen LogP contribution < -0.4 is 5.49 Å². The van der Waals surface area contributed by atoms with Gasteiger partial charge in [-0.25, -0.2) is 0 Å². The van der Waals surface area contributed by atoms with Gasteiger partial charge in [0.2, 0.25) is 0 Å². The van der Waals surface area contributed by atoms with Crippen LogP contribution in [0.3, 0.4) is 0 Å². The van der Waals surface area contributed by atoms with E-state index in [0.29, 0.717) is 11.4 Å². The number of hydrogen-bond acceptors (Lipinski definition) is 2. The maximum absolute atomic E-state index is 8.14. The second-order valence-electron chi connectivity index (χ2n) is 6.33. The maximum atomic E-state index is 8.14. The zero-order valence-electron chi connectivity index (χ0n) is 12.0. The van der Waals surface area contributed by atoms with Crippen molar-refractivity contribution in [3.05, 3.63) is 17.2 Å². The summed E-state index contributed by atoms with van der Waals surface area (Å²) in [6.07, 6.45) is 2.23. The van der Waals surface area contributed by atoms with Crippen LogP contribution in [0.15, 0.2) is 6.07 Å².